The summed E-state index contributed by atoms with van der Waals surface area (Å²) in [6, 6.07) is -0.327. The summed E-state index contributed by atoms with van der Waals surface area (Å²) in [5.41, 5.74) is 0.360. The molecular formula is C11H16N2O3S. The lowest BCUT2D eigenvalue weighted by atomic mass is 10.1. The highest BCUT2D eigenvalue weighted by atomic mass is 32.1. The van der Waals surface area contributed by atoms with Crippen molar-refractivity contribution in [3.63, 3.8) is 0 Å². The molecule has 1 aromatic heterocycles. The summed E-state index contributed by atoms with van der Waals surface area (Å²) in [5, 5.41) is 13.9. The van der Waals surface area contributed by atoms with E-state index < -0.39 is 5.97 Å². The third-order valence-electron chi connectivity index (χ3n) is 2.25. The number of amides is 1. The standard InChI is InChI=1S/C11H16N2O3S/c1-3-4-8(5-10(14)15)13-11(16)9-6-17-7(2)12-9/h6,8H,3-5H2,1-2H3,(H,13,16)(H,14,15)/t8-/m0/s1. The Balaban J connectivity index is 2.60. The summed E-state index contributed by atoms with van der Waals surface area (Å²) in [4.78, 5) is 26.5. The molecule has 1 atom stereocenters. The molecule has 0 radical (unpaired) electrons. The molecule has 0 aliphatic carbocycles. The molecule has 1 amide bonds. The number of carboxylic acids is 1. The highest BCUT2D eigenvalue weighted by Crippen LogP contribution is 2.09. The number of carbonyl (C=O) groups is 2. The largest absolute Gasteiger partial charge is 0.481 e. The fourth-order valence-electron chi connectivity index (χ4n) is 1.51. The molecule has 0 saturated carbocycles. The second-order valence-electron chi connectivity index (χ2n) is 3.81. The minimum Gasteiger partial charge on any atom is -0.481 e. The van der Waals surface area contributed by atoms with Crippen LogP contribution in [0.3, 0.4) is 0 Å². The van der Waals surface area contributed by atoms with E-state index in [0.717, 1.165) is 11.4 Å². The highest BCUT2D eigenvalue weighted by Gasteiger charge is 2.17. The highest BCUT2D eigenvalue weighted by molar-refractivity contribution is 7.09. The van der Waals surface area contributed by atoms with Gasteiger partial charge >= 0.3 is 5.97 Å². The maximum Gasteiger partial charge on any atom is 0.305 e. The van der Waals surface area contributed by atoms with Gasteiger partial charge in [0.15, 0.2) is 0 Å². The molecular weight excluding hydrogens is 240 g/mol. The monoisotopic (exact) mass is 256 g/mol. The van der Waals surface area contributed by atoms with E-state index in [0.29, 0.717) is 12.1 Å². The molecule has 2 N–H and O–H groups in total. The van der Waals surface area contributed by atoms with Gasteiger partial charge in [-0.15, -0.1) is 11.3 Å². The van der Waals surface area contributed by atoms with Crippen LogP contribution in [0.5, 0.6) is 0 Å². The molecule has 0 bridgehead atoms. The van der Waals surface area contributed by atoms with Gasteiger partial charge in [0.1, 0.15) is 5.69 Å². The van der Waals surface area contributed by atoms with Crippen molar-refractivity contribution < 1.29 is 14.7 Å². The number of nitrogens with one attached hydrogen (secondary N) is 1. The Hall–Kier alpha value is -1.43. The van der Waals surface area contributed by atoms with Crippen LogP contribution >= 0.6 is 11.3 Å². The van der Waals surface area contributed by atoms with Crippen molar-refractivity contribution >= 4 is 23.2 Å². The Bertz CT molecular complexity index is 403. The molecule has 0 unspecified atom stereocenters. The van der Waals surface area contributed by atoms with E-state index in [4.69, 9.17) is 5.11 Å². The summed E-state index contributed by atoms with van der Waals surface area (Å²) >= 11 is 1.40. The zero-order chi connectivity index (χ0) is 12.8. The zero-order valence-corrected chi connectivity index (χ0v) is 10.7. The summed E-state index contributed by atoms with van der Waals surface area (Å²) in [5.74, 6) is -1.20. The van der Waals surface area contributed by atoms with Gasteiger partial charge in [-0.05, 0) is 13.3 Å². The molecule has 0 saturated heterocycles. The van der Waals surface area contributed by atoms with Crippen LogP contribution in [0, 0.1) is 6.92 Å². The second kappa shape index (κ2) is 6.34. The van der Waals surface area contributed by atoms with E-state index in [1.54, 1.807) is 5.38 Å². The molecule has 6 heteroatoms. The number of aromatic nitrogens is 1. The van der Waals surface area contributed by atoms with Crippen LogP contribution in [0.4, 0.5) is 0 Å². The first-order valence-electron chi connectivity index (χ1n) is 5.47. The first-order chi connectivity index (χ1) is 8.02. The number of thiazole rings is 1. The maximum atomic E-state index is 11.8. The van der Waals surface area contributed by atoms with Gasteiger partial charge in [0.25, 0.3) is 5.91 Å². The molecule has 0 aliphatic rings. The third-order valence-corrected chi connectivity index (χ3v) is 3.02. The van der Waals surface area contributed by atoms with E-state index in [9.17, 15) is 9.59 Å². The lowest BCUT2D eigenvalue weighted by molar-refractivity contribution is -0.137. The van der Waals surface area contributed by atoms with Crippen LogP contribution in [0.25, 0.3) is 0 Å². The Morgan fingerprint density at radius 3 is 2.76 bits per heavy atom. The predicted octanol–water partition coefficient (Wildman–Crippen LogP) is 1.82. The van der Waals surface area contributed by atoms with Crippen molar-refractivity contribution in [1.82, 2.24) is 10.3 Å². The van der Waals surface area contributed by atoms with Crippen LogP contribution in [0.2, 0.25) is 0 Å². The van der Waals surface area contributed by atoms with Gasteiger partial charge in [0.2, 0.25) is 0 Å². The van der Waals surface area contributed by atoms with Gasteiger partial charge in [-0.1, -0.05) is 13.3 Å². The second-order valence-corrected chi connectivity index (χ2v) is 4.87. The fraction of sp³-hybridized carbons (Fsp3) is 0.545. The van der Waals surface area contributed by atoms with Gasteiger partial charge in [-0.25, -0.2) is 4.98 Å². The first kappa shape index (κ1) is 13.6. The summed E-state index contributed by atoms with van der Waals surface area (Å²) in [6.45, 7) is 3.77. The van der Waals surface area contributed by atoms with Crippen molar-refractivity contribution in [1.29, 1.82) is 0 Å². The fourth-order valence-corrected chi connectivity index (χ4v) is 2.10. The molecule has 1 heterocycles. The van der Waals surface area contributed by atoms with Crippen molar-refractivity contribution in [3.8, 4) is 0 Å². The summed E-state index contributed by atoms with van der Waals surface area (Å²) < 4.78 is 0. The van der Waals surface area contributed by atoms with E-state index in [-0.39, 0.29) is 18.4 Å². The maximum absolute atomic E-state index is 11.8. The van der Waals surface area contributed by atoms with Crippen molar-refractivity contribution in [2.24, 2.45) is 0 Å². The van der Waals surface area contributed by atoms with Gasteiger partial charge in [-0.2, -0.15) is 0 Å². The van der Waals surface area contributed by atoms with Gasteiger partial charge in [-0.3, -0.25) is 9.59 Å². The van der Waals surface area contributed by atoms with Crippen molar-refractivity contribution in [2.75, 3.05) is 0 Å². The molecule has 17 heavy (non-hydrogen) atoms. The average Bonchev–Trinajstić information content (AvgIpc) is 2.64. The number of hydrogen-bond acceptors (Lipinski definition) is 4. The number of aryl methyl sites for hydroxylation is 1. The lowest BCUT2D eigenvalue weighted by Crippen LogP contribution is -2.36. The normalized spacial score (nSPS) is 12.1. The Morgan fingerprint density at radius 2 is 2.29 bits per heavy atom. The van der Waals surface area contributed by atoms with Crippen LogP contribution < -0.4 is 5.32 Å². The van der Waals surface area contributed by atoms with Crippen LogP contribution in [-0.2, 0) is 4.79 Å². The number of rotatable bonds is 6. The minimum atomic E-state index is -0.904. The van der Waals surface area contributed by atoms with E-state index in [2.05, 4.69) is 10.3 Å². The first-order valence-corrected chi connectivity index (χ1v) is 6.35. The third kappa shape index (κ3) is 4.52. The van der Waals surface area contributed by atoms with Gasteiger partial charge < -0.3 is 10.4 Å². The van der Waals surface area contributed by atoms with Crippen LogP contribution in [0.15, 0.2) is 5.38 Å². The smallest absolute Gasteiger partial charge is 0.305 e. The van der Waals surface area contributed by atoms with Gasteiger partial charge in [0, 0.05) is 11.4 Å². The van der Waals surface area contributed by atoms with E-state index >= 15 is 0 Å². The number of aliphatic carboxylic acids is 1. The lowest BCUT2D eigenvalue weighted by Gasteiger charge is -2.14. The number of nitrogens with zero attached hydrogens (tertiary/aromatic N) is 1. The topological polar surface area (TPSA) is 79.3 Å². The summed E-state index contributed by atoms with van der Waals surface area (Å²) in [6.07, 6.45) is 1.43. The molecule has 5 nitrogen and oxygen atoms in total. The molecule has 1 rings (SSSR count). The predicted molar refractivity (Wildman–Crippen MR) is 65.3 cm³/mol. The zero-order valence-electron chi connectivity index (χ0n) is 9.90. The quantitative estimate of drug-likeness (QED) is 0.813. The Labute approximate surface area is 104 Å². The van der Waals surface area contributed by atoms with Crippen molar-refractivity contribution in [3.05, 3.63) is 16.1 Å². The minimum absolute atomic E-state index is 0.0529. The molecule has 0 fully saturated rings. The molecule has 0 spiro atoms. The number of hydrogen-bond donors (Lipinski definition) is 2. The molecule has 94 valence electrons. The summed E-state index contributed by atoms with van der Waals surface area (Å²) in [7, 11) is 0. The Kier molecular flexibility index (Phi) is 5.09. The number of carbonyl (C=O) groups excluding carboxylic acids is 1. The van der Waals surface area contributed by atoms with E-state index in [1.165, 1.54) is 11.3 Å². The molecule has 1 aromatic rings. The Morgan fingerprint density at radius 1 is 1.59 bits per heavy atom. The number of carboxylic acid groups (broad SMARTS) is 1. The van der Waals surface area contributed by atoms with Crippen LogP contribution in [0.1, 0.15) is 41.7 Å². The van der Waals surface area contributed by atoms with Crippen LogP contribution in [-0.4, -0.2) is 28.0 Å². The van der Waals surface area contributed by atoms with Gasteiger partial charge in [0.05, 0.1) is 11.4 Å². The molecule has 0 aliphatic heterocycles. The van der Waals surface area contributed by atoms with E-state index in [1.807, 2.05) is 13.8 Å². The SMILES string of the molecule is CCC[C@@H](CC(=O)O)NC(=O)c1csc(C)n1. The molecule has 0 aromatic carbocycles. The van der Waals surface area contributed by atoms with Crippen molar-refractivity contribution in [2.45, 2.75) is 39.2 Å². The average molecular weight is 256 g/mol.